The van der Waals surface area contributed by atoms with E-state index in [9.17, 15) is 4.79 Å². The minimum atomic E-state index is -0.245. The number of amides is 1. The van der Waals surface area contributed by atoms with Crippen molar-refractivity contribution in [3.8, 4) is 0 Å². The summed E-state index contributed by atoms with van der Waals surface area (Å²) in [6.45, 7) is 2.84. The molecular weight excluding hydrogens is 232 g/mol. The van der Waals surface area contributed by atoms with E-state index in [0.717, 1.165) is 13.0 Å². The van der Waals surface area contributed by atoms with Crippen LogP contribution in [0.2, 0.25) is 0 Å². The Morgan fingerprint density at radius 1 is 1.44 bits per heavy atom. The first kappa shape index (κ1) is 12.1. The summed E-state index contributed by atoms with van der Waals surface area (Å²) in [4.78, 5) is 16.0. The van der Waals surface area contributed by atoms with E-state index >= 15 is 0 Å². The smallest absolute Gasteiger partial charge is 0.259 e. The van der Waals surface area contributed by atoms with E-state index in [4.69, 9.17) is 0 Å². The molecule has 6 heteroatoms. The Hall–Kier alpha value is -2.37. The Kier molecular flexibility index (Phi) is 3.90. The summed E-state index contributed by atoms with van der Waals surface area (Å²) in [6, 6.07) is 3.24. The lowest BCUT2D eigenvalue weighted by atomic mass is 10.2. The van der Waals surface area contributed by atoms with Gasteiger partial charge in [-0.2, -0.15) is 0 Å². The average molecular weight is 246 g/mol. The zero-order valence-electron chi connectivity index (χ0n) is 10.0. The van der Waals surface area contributed by atoms with Gasteiger partial charge in [-0.1, -0.05) is 12.1 Å². The molecule has 0 aliphatic rings. The van der Waals surface area contributed by atoms with Gasteiger partial charge in [-0.15, -0.1) is 0 Å². The van der Waals surface area contributed by atoms with Crippen molar-refractivity contribution in [2.75, 3.05) is 17.2 Å². The lowest BCUT2D eigenvalue weighted by molar-refractivity contribution is 0.102. The van der Waals surface area contributed by atoms with Crippen LogP contribution < -0.4 is 10.6 Å². The quantitative estimate of drug-likeness (QED) is 0.844. The van der Waals surface area contributed by atoms with E-state index < -0.39 is 0 Å². The van der Waals surface area contributed by atoms with E-state index in [2.05, 4.69) is 32.2 Å². The number of nitrogens with zero attached hydrogens (tertiary/aromatic N) is 2. The summed E-state index contributed by atoms with van der Waals surface area (Å²) in [5, 5.41) is 9.43. The number of nitrogens with one attached hydrogen (secondary N) is 2. The molecule has 18 heavy (non-hydrogen) atoms. The maximum atomic E-state index is 12.0. The molecule has 0 spiro atoms. The molecule has 0 aliphatic heterocycles. The van der Waals surface area contributed by atoms with Gasteiger partial charge in [-0.05, 0) is 12.5 Å². The molecule has 0 bridgehead atoms. The van der Waals surface area contributed by atoms with Gasteiger partial charge in [0.15, 0.2) is 5.82 Å². The molecule has 0 fully saturated rings. The molecule has 2 N–H and O–H groups in total. The van der Waals surface area contributed by atoms with Gasteiger partial charge in [0.1, 0.15) is 6.26 Å². The molecule has 0 radical (unpaired) electrons. The predicted molar refractivity (Wildman–Crippen MR) is 67.5 cm³/mol. The van der Waals surface area contributed by atoms with Gasteiger partial charge < -0.3 is 15.2 Å². The van der Waals surface area contributed by atoms with Crippen molar-refractivity contribution in [3.63, 3.8) is 0 Å². The second-order valence-electron chi connectivity index (χ2n) is 3.69. The summed E-state index contributed by atoms with van der Waals surface area (Å²) in [6.07, 6.45) is 5.58. The van der Waals surface area contributed by atoms with Gasteiger partial charge in [0.25, 0.3) is 5.91 Å². The predicted octanol–water partition coefficient (Wildman–Crippen LogP) is 2.14. The van der Waals surface area contributed by atoms with Gasteiger partial charge in [0, 0.05) is 18.8 Å². The fourth-order valence-electron chi connectivity index (χ4n) is 1.45. The lowest BCUT2D eigenvalue weighted by Gasteiger charge is -2.09. The fraction of sp³-hybridized carbons (Fsp3) is 0.250. The van der Waals surface area contributed by atoms with E-state index in [-0.39, 0.29) is 5.91 Å². The van der Waals surface area contributed by atoms with Crippen LogP contribution >= 0.6 is 0 Å². The minimum Gasteiger partial charge on any atom is -0.383 e. The third-order valence-corrected chi connectivity index (χ3v) is 2.31. The highest BCUT2D eigenvalue weighted by Crippen LogP contribution is 2.15. The van der Waals surface area contributed by atoms with Crippen molar-refractivity contribution in [3.05, 3.63) is 36.4 Å². The average Bonchev–Trinajstić information content (AvgIpc) is 2.89. The second-order valence-corrected chi connectivity index (χ2v) is 3.69. The summed E-state index contributed by atoms with van der Waals surface area (Å²) in [7, 11) is 0. The summed E-state index contributed by atoms with van der Waals surface area (Å²) in [5.74, 6) is 0.142. The number of pyridine rings is 1. The van der Waals surface area contributed by atoms with Crippen LogP contribution in [0.3, 0.4) is 0 Å². The molecule has 0 atom stereocenters. The standard InChI is InChI=1S/C12H14N4O2/c1-2-5-14-10-8-13-6-3-9(10)12(17)15-11-4-7-18-16-11/h3-4,6-8,14H,2,5H2,1H3,(H,15,16,17). The Labute approximate surface area is 104 Å². The summed E-state index contributed by atoms with van der Waals surface area (Å²) >= 11 is 0. The van der Waals surface area contributed by atoms with Crippen molar-refractivity contribution in [1.29, 1.82) is 0 Å². The highest BCUT2D eigenvalue weighted by molar-refractivity contribution is 6.07. The SMILES string of the molecule is CCCNc1cnccc1C(=O)Nc1ccon1. The van der Waals surface area contributed by atoms with Gasteiger partial charge >= 0.3 is 0 Å². The number of aromatic nitrogens is 2. The first-order valence-corrected chi connectivity index (χ1v) is 5.71. The maximum Gasteiger partial charge on any atom is 0.259 e. The van der Waals surface area contributed by atoms with Crippen molar-refractivity contribution in [1.82, 2.24) is 10.1 Å². The van der Waals surface area contributed by atoms with Crippen LogP contribution in [0.4, 0.5) is 11.5 Å². The highest BCUT2D eigenvalue weighted by atomic mass is 16.5. The third kappa shape index (κ3) is 2.85. The molecule has 0 saturated heterocycles. The monoisotopic (exact) mass is 246 g/mol. The normalized spacial score (nSPS) is 10.1. The van der Waals surface area contributed by atoms with Gasteiger partial charge in [-0.3, -0.25) is 9.78 Å². The largest absolute Gasteiger partial charge is 0.383 e. The Morgan fingerprint density at radius 2 is 2.33 bits per heavy atom. The van der Waals surface area contributed by atoms with Crippen molar-refractivity contribution in [2.45, 2.75) is 13.3 Å². The van der Waals surface area contributed by atoms with Gasteiger partial charge in [-0.25, -0.2) is 0 Å². The van der Waals surface area contributed by atoms with Crippen LogP contribution in [-0.2, 0) is 0 Å². The first-order valence-electron chi connectivity index (χ1n) is 5.71. The number of carbonyl (C=O) groups is 1. The Balaban J connectivity index is 2.13. The molecule has 0 aliphatic carbocycles. The van der Waals surface area contributed by atoms with Crippen molar-refractivity contribution in [2.24, 2.45) is 0 Å². The van der Waals surface area contributed by atoms with E-state index in [1.807, 2.05) is 0 Å². The molecule has 2 aromatic rings. The van der Waals surface area contributed by atoms with E-state index in [0.29, 0.717) is 17.1 Å². The van der Waals surface area contributed by atoms with Crippen LogP contribution in [0.5, 0.6) is 0 Å². The fourth-order valence-corrected chi connectivity index (χ4v) is 1.45. The minimum absolute atomic E-state index is 0.245. The Bertz CT molecular complexity index is 511. The van der Waals surface area contributed by atoms with Gasteiger partial charge in [0.05, 0.1) is 17.4 Å². The topological polar surface area (TPSA) is 80.0 Å². The lowest BCUT2D eigenvalue weighted by Crippen LogP contribution is -2.15. The molecular formula is C12H14N4O2. The van der Waals surface area contributed by atoms with E-state index in [1.54, 1.807) is 24.5 Å². The van der Waals surface area contributed by atoms with Crippen LogP contribution in [0.1, 0.15) is 23.7 Å². The molecule has 1 amide bonds. The van der Waals surface area contributed by atoms with Crippen LogP contribution in [0.25, 0.3) is 0 Å². The molecule has 0 unspecified atom stereocenters. The summed E-state index contributed by atoms with van der Waals surface area (Å²) < 4.78 is 4.65. The number of anilines is 2. The van der Waals surface area contributed by atoms with Crippen molar-refractivity contribution < 1.29 is 9.32 Å². The van der Waals surface area contributed by atoms with Crippen LogP contribution in [0.15, 0.2) is 35.3 Å². The van der Waals surface area contributed by atoms with E-state index in [1.165, 1.54) is 6.26 Å². The Morgan fingerprint density at radius 3 is 3.06 bits per heavy atom. The first-order chi connectivity index (χ1) is 8.81. The molecule has 0 saturated carbocycles. The zero-order valence-corrected chi connectivity index (χ0v) is 10.0. The molecule has 0 aromatic carbocycles. The molecule has 2 aromatic heterocycles. The third-order valence-electron chi connectivity index (χ3n) is 2.31. The van der Waals surface area contributed by atoms with Gasteiger partial charge in [0.2, 0.25) is 0 Å². The molecule has 6 nitrogen and oxygen atoms in total. The number of rotatable bonds is 5. The molecule has 2 rings (SSSR count). The highest BCUT2D eigenvalue weighted by Gasteiger charge is 2.12. The van der Waals surface area contributed by atoms with Crippen LogP contribution in [0, 0.1) is 0 Å². The molecule has 2 heterocycles. The maximum absolute atomic E-state index is 12.0. The van der Waals surface area contributed by atoms with Crippen LogP contribution in [-0.4, -0.2) is 22.6 Å². The van der Waals surface area contributed by atoms with Crippen molar-refractivity contribution >= 4 is 17.4 Å². The number of carbonyl (C=O) groups excluding carboxylic acids is 1. The zero-order chi connectivity index (χ0) is 12.8. The number of hydrogen-bond donors (Lipinski definition) is 2. The molecule has 94 valence electrons. The second kappa shape index (κ2) is 5.81. The summed E-state index contributed by atoms with van der Waals surface area (Å²) in [5.41, 5.74) is 1.24. The number of hydrogen-bond acceptors (Lipinski definition) is 5.